The number of aromatic nitrogens is 1. The second-order valence-corrected chi connectivity index (χ2v) is 6.92. The Morgan fingerprint density at radius 1 is 1.00 bits per heavy atom. The number of hydrogen-bond donors (Lipinski definition) is 1. The van der Waals surface area contributed by atoms with E-state index in [9.17, 15) is 0 Å². The van der Waals surface area contributed by atoms with Crippen LogP contribution in [0.25, 0.3) is 0 Å². The Morgan fingerprint density at radius 2 is 1.68 bits per heavy atom. The van der Waals surface area contributed by atoms with E-state index in [-0.39, 0.29) is 5.92 Å². The van der Waals surface area contributed by atoms with Crippen molar-refractivity contribution in [2.24, 2.45) is 5.73 Å². The van der Waals surface area contributed by atoms with Crippen molar-refractivity contribution < 1.29 is 0 Å². The third kappa shape index (κ3) is 3.46. The van der Waals surface area contributed by atoms with E-state index in [0.29, 0.717) is 6.54 Å². The van der Waals surface area contributed by atoms with Crippen LogP contribution in [-0.4, -0.2) is 11.5 Å². The van der Waals surface area contributed by atoms with Gasteiger partial charge in [0.25, 0.3) is 0 Å². The van der Waals surface area contributed by atoms with E-state index in [4.69, 9.17) is 10.7 Å². The van der Waals surface area contributed by atoms with Gasteiger partial charge < -0.3 is 5.73 Å². The fourth-order valence-corrected chi connectivity index (χ4v) is 3.77. The topological polar surface area (TPSA) is 38.9 Å². The van der Waals surface area contributed by atoms with Crippen molar-refractivity contribution in [3.63, 3.8) is 0 Å². The minimum absolute atomic E-state index is 0.172. The molecule has 0 aliphatic rings. The molecule has 0 spiro atoms. The summed E-state index contributed by atoms with van der Waals surface area (Å²) in [7, 11) is 0. The summed E-state index contributed by atoms with van der Waals surface area (Å²) in [5.41, 5.74) is 9.24. The minimum atomic E-state index is 0.172. The van der Waals surface area contributed by atoms with Gasteiger partial charge in [-0.25, -0.2) is 4.98 Å². The van der Waals surface area contributed by atoms with Crippen LogP contribution in [0.5, 0.6) is 0 Å². The Hall–Kier alpha value is -1.49. The molecule has 2 nitrogen and oxygen atoms in total. The second-order valence-electron chi connectivity index (χ2n) is 5.11. The summed E-state index contributed by atoms with van der Waals surface area (Å²) in [6.07, 6.45) is 0.832. The van der Waals surface area contributed by atoms with Gasteiger partial charge in [0.1, 0.15) is 5.01 Å². The van der Waals surface area contributed by atoms with Crippen LogP contribution in [0.1, 0.15) is 27.7 Å². The Balaban J connectivity index is 2.04. The normalized spacial score (nSPS) is 12.3. The van der Waals surface area contributed by atoms with Crippen LogP contribution in [0, 0.1) is 0 Å². The van der Waals surface area contributed by atoms with Gasteiger partial charge in [-0.1, -0.05) is 58.4 Å². The van der Waals surface area contributed by atoms with E-state index >= 15 is 0 Å². The highest BCUT2D eigenvalue weighted by molar-refractivity contribution is 9.10. The lowest BCUT2D eigenvalue weighted by Crippen LogP contribution is -2.05. The summed E-state index contributed by atoms with van der Waals surface area (Å²) in [6.45, 7) is 0.636. The SMILES string of the molecule is NCCc1csc(C(c2ccccc2)c2ccc(Br)cc2)n1. The second kappa shape index (κ2) is 7.18. The lowest BCUT2D eigenvalue weighted by atomic mass is 9.92. The molecule has 0 fully saturated rings. The van der Waals surface area contributed by atoms with E-state index in [2.05, 4.69) is 69.8 Å². The molecule has 2 N–H and O–H groups in total. The molecule has 1 aromatic heterocycles. The van der Waals surface area contributed by atoms with Gasteiger partial charge in [-0.3, -0.25) is 0 Å². The summed E-state index contributed by atoms with van der Waals surface area (Å²) in [5.74, 6) is 0.172. The molecule has 0 aliphatic carbocycles. The number of halogens is 1. The molecule has 0 amide bonds. The molecule has 22 heavy (non-hydrogen) atoms. The van der Waals surface area contributed by atoms with Crippen molar-refractivity contribution in [3.05, 3.63) is 86.3 Å². The average Bonchev–Trinajstić information content (AvgIpc) is 2.99. The van der Waals surface area contributed by atoms with Crippen molar-refractivity contribution in [2.45, 2.75) is 12.3 Å². The number of nitrogens with two attached hydrogens (primary N) is 1. The van der Waals surface area contributed by atoms with Crippen molar-refractivity contribution in [3.8, 4) is 0 Å². The maximum Gasteiger partial charge on any atom is 0.105 e. The number of nitrogens with zero attached hydrogens (tertiary/aromatic N) is 1. The summed E-state index contributed by atoms with van der Waals surface area (Å²) >= 11 is 5.22. The fraction of sp³-hybridized carbons (Fsp3) is 0.167. The van der Waals surface area contributed by atoms with Gasteiger partial charge in [-0.2, -0.15) is 0 Å². The first-order valence-corrected chi connectivity index (χ1v) is 8.90. The van der Waals surface area contributed by atoms with Gasteiger partial charge in [0.15, 0.2) is 0 Å². The van der Waals surface area contributed by atoms with Crippen LogP contribution < -0.4 is 5.73 Å². The van der Waals surface area contributed by atoms with Crippen LogP contribution in [0.4, 0.5) is 0 Å². The van der Waals surface area contributed by atoms with Gasteiger partial charge in [-0.05, 0) is 29.8 Å². The molecule has 1 heterocycles. The quantitative estimate of drug-likeness (QED) is 0.711. The summed E-state index contributed by atoms with van der Waals surface area (Å²) < 4.78 is 1.09. The van der Waals surface area contributed by atoms with Gasteiger partial charge in [-0.15, -0.1) is 11.3 Å². The van der Waals surface area contributed by atoms with Gasteiger partial charge >= 0.3 is 0 Å². The number of rotatable bonds is 5. The molecule has 0 bridgehead atoms. The first-order chi connectivity index (χ1) is 10.8. The van der Waals surface area contributed by atoms with E-state index in [0.717, 1.165) is 21.6 Å². The first kappa shape index (κ1) is 15.4. The highest BCUT2D eigenvalue weighted by Gasteiger charge is 2.20. The molecule has 1 unspecified atom stereocenters. The third-order valence-electron chi connectivity index (χ3n) is 3.55. The van der Waals surface area contributed by atoms with Crippen molar-refractivity contribution in [1.29, 1.82) is 0 Å². The van der Waals surface area contributed by atoms with Crippen LogP contribution in [0.3, 0.4) is 0 Å². The highest BCUT2D eigenvalue weighted by atomic mass is 79.9. The van der Waals surface area contributed by atoms with Crippen molar-refractivity contribution in [1.82, 2.24) is 4.98 Å². The van der Waals surface area contributed by atoms with Crippen LogP contribution >= 0.6 is 27.3 Å². The Kier molecular flexibility index (Phi) is 5.03. The molecular formula is C18H17BrN2S. The summed E-state index contributed by atoms with van der Waals surface area (Å²) in [6, 6.07) is 19.0. The lowest BCUT2D eigenvalue weighted by molar-refractivity contribution is 0.893. The Labute approximate surface area is 143 Å². The molecule has 2 aromatic carbocycles. The Morgan fingerprint density at radius 3 is 2.36 bits per heavy atom. The first-order valence-electron chi connectivity index (χ1n) is 7.22. The zero-order valence-electron chi connectivity index (χ0n) is 12.1. The third-order valence-corrected chi connectivity index (χ3v) is 5.04. The number of hydrogen-bond acceptors (Lipinski definition) is 3. The number of benzene rings is 2. The zero-order valence-corrected chi connectivity index (χ0v) is 14.5. The van der Waals surface area contributed by atoms with E-state index in [1.807, 2.05) is 6.07 Å². The summed E-state index contributed by atoms with van der Waals surface area (Å²) in [4.78, 5) is 4.80. The van der Waals surface area contributed by atoms with Crippen LogP contribution in [-0.2, 0) is 6.42 Å². The van der Waals surface area contributed by atoms with Crippen molar-refractivity contribution in [2.75, 3.05) is 6.54 Å². The molecule has 4 heteroatoms. The highest BCUT2D eigenvalue weighted by Crippen LogP contribution is 2.34. The Bertz CT molecular complexity index is 722. The number of thiazole rings is 1. The predicted molar refractivity (Wildman–Crippen MR) is 96.4 cm³/mol. The van der Waals surface area contributed by atoms with Gasteiger partial charge in [0.2, 0.25) is 0 Å². The largest absolute Gasteiger partial charge is 0.330 e. The molecule has 112 valence electrons. The van der Waals surface area contributed by atoms with Crippen LogP contribution in [0.2, 0.25) is 0 Å². The molecule has 0 radical (unpaired) electrons. The monoisotopic (exact) mass is 372 g/mol. The lowest BCUT2D eigenvalue weighted by Gasteiger charge is -2.15. The van der Waals surface area contributed by atoms with Gasteiger partial charge in [0, 0.05) is 16.3 Å². The van der Waals surface area contributed by atoms with E-state index < -0.39 is 0 Å². The summed E-state index contributed by atoms with van der Waals surface area (Å²) in [5, 5.41) is 3.24. The molecule has 0 aliphatic heterocycles. The smallest absolute Gasteiger partial charge is 0.105 e. The standard InChI is InChI=1S/C18H17BrN2S/c19-15-8-6-14(7-9-15)17(13-4-2-1-3-5-13)18-21-16(10-11-20)12-22-18/h1-9,12,17H,10-11,20H2. The molecule has 3 aromatic rings. The van der Waals surface area contributed by atoms with Crippen LogP contribution in [0.15, 0.2) is 64.5 Å². The van der Waals surface area contributed by atoms with E-state index in [1.165, 1.54) is 11.1 Å². The predicted octanol–water partition coefficient (Wildman–Crippen LogP) is 4.59. The molecule has 0 saturated heterocycles. The van der Waals surface area contributed by atoms with Gasteiger partial charge in [0.05, 0.1) is 11.6 Å². The minimum Gasteiger partial charge on any atom is -0.330 e. The zero-order chi connectivity index (χ0) is 15.4. The molecule has 0 saturated carbocycles. The molecule has 3 rings (SSSR count). The molecular weight excluding hydrogens is 356 g/mol. The fourth-order valence-electron chi connectivity index (χ4n) is 2.50. The average molecular weight is 373 g/mol. The van der Waals surface area contributed by atoms with E-state index in [1.54, 1.807) is 11.3 Å². The van der Waals surface area contributed by atoms with Crippen molar-refractivity contribution >= 4 is 27.3 Å². The maximum atomic E-state index is 5.64. The maximum absolute atomic E-state index is 5.64. The molecule has 1 atom stereocenters.